The number of carbonyl (C=O) groups is 5. The third-order valence-corrected chi connectivity index (χ3v) is 6.73. The SMILES string of the molecule is CCC(C)C(NC(=O)C(Cc1c[nH]c2ccccc12)NC(=O)C(CS)NC(=O)C(N)CCC(N)=O)C(=O)O. The maximum absolute atomic E-state index is 13.3. The number of H-pyrrole nitrogens is 1. The second kappa shape index (κ2) is 14.4. The van der Waals surface area contributed by atoms with Crippen LogP contribution in [0.1, 0.15) is 38.7 Å². The molecule has 2 aromatic rings. The zero-order valence-electron chi connectivity index (χ0n) is 21.4. The molecule has 208 valence electrons. The Morgan fingerprint density at radius 3 is 2.26 bits per heavy atom. The molecule has 5 unspecified atom stereocenters. The highest BCUT2D eigenvalue weighted by atomic mass is 32.1. The van der Waals surface area contributed by atoms with Crippen LogP contribution >= 0.6 is 12.6 Å². The number of para-hydroxylation sites is 1. The highest BCUT2D eigenvalue weighted by molar-refractivity contribution is 7.80. The summed E-state index contributed by atoms with van der Waals surface area (Å²) in [6.45, 7) is 3.52. The van der Waals surface area contributed by atoms with Crippen LogP contribution in [0.25, 0.3) is 10.9 Å². The molecule has 1 aromatic carbocycles. The van der Waals surface area contributed by atoms with E-state index in [9.17, 15) is 29.1 Å². The fourth-order valence-corrected chi connectivity index (χ4v) is 4.10. The molecule has 0 bridgehead atoms. The number of aromatic nitrogens is 1. The number of fused-ring (bicyclic) bond motifs is 1. The maximum Gasteiger partial charge on any atom is 0.326 e. The Balaban J connectivity index is 2.25. The predicted octanol–water partition coefficient (Wildman–Crippen LogP) is -0.182. The quantitative estimate of drug-likeness (QED) is 0.141. The molecule has 2 rings (SSSR count). The van der Waals surface area contributed by atoms with Crippen LogP contribution in [-0.4, -0.2) is 69.6 Å². The summed E-state index contributed by atoms with van der Waals surface area (Å²) in [5.74, 6) is -4.32. The normalized spacial score (nSPS) is 15.1. The minimum absolute atomic E-state index is 0.000137. The molecular formula is C25H36N6O6S. The molecule has 0 aliphatic carbocycles. The lowest BCUT2D eigenvalue weighted by molar-refractivity contribution is -0.143. The van der Waals surface area contributed by atoms with Gasteiger partial charge in [0.2, 0.25) is 23.6 Å². The first-order valence-electron chi connectivity index (χ1n) is 12.3. The number of amides is 4. The van der Waals surface area contributed by atoms with E-state index in [4.69, 9.17) is 11.5 Å². The molecule has 1 aromatic heterocycles. The van der Waals surface area contributed by atoms with Gasteiger partial charge in [0.15, 0.2) is 0 Å². The van der Waals surface area contributed by atoms with Crippen LogP contribution in [-0.2, 0) is 30.4 Å². The van der Waals surface area contributed by atoms with Gasteiger partial charge in [-0.05, 0) is 24.0 Å². The monoisotopic (exact) mass is 548 g/mol. The number of carboxylic acids is 1. The smallest absolute Gasteiger partial charge is 0.326 e. The van der Waals surface area contributed by atoms with Crippen molar-refractivity contribution in [3.63, 3.8) is 0 Å². The molecule has 38 heavy (non-hydrogen) atoms. The van der Waals surface area contributed by atoms with Gasteiger partial charge in [-0.2, -0.15) is 12.6 Å². The number of nitrogens with one attached hydrogen (secondary N) is 4. The van der Waals surface area contributed by atoms with Gasteiger partial charge in [0, 0.05) is 35.7 Å². The predicted molar refractivity (Wildman–Crippen MR) is 145 cm³/mol. The largest absolute Gasteiger partial charge is 0.480 e. The Morgan fingerprint density at radius 2 is 1.66 bits per heavy atom. The minimum Gasteiger partial charge on any atom is -0.480 e. The third-order valence-electron chi connectivity index (χ3n) is 6.36. The average molecular weight is 549 g/mol. The first-order chi connectivity index (χ1) is 18.0. The third kappa shape index (κ3) is 8.48. The summed E-state index contributed by atoms with van der Waals surface area (Å²) in [6, 6.07) is 2.89. The molecule has 12 nitrogen and oxygen atoms in total. The van der Waals surface area contributed by atoms with Crippen molar-refractivity contribution in [3.05, 3.63) is 36.0 Å². The van der Waals surface area contributed by atoms with E-state index in [0.717, 1.165) is 16.5 Å². The lowest BCUT2D eigenvalue weighted by Crippen LogP contribution is -2.58. The van der Waals surface area contributed by atoms with E-state index >= 15 is 0 Å². The lowest BCUT2D eigenvalue weighted by atomic mass is 9.98. The standard InChI is InChI=1S/C25H36N6O6S/c1-3-13(2)21(25(36)37)31-23(34)18(10-14-11-28-17-7-5-4-6-15(14)17)29-24(35)19(12-38)30-22(33)16(26)8-9-20(27)32/h4-7,11,13,16,18-19,21,28,38H,3,8-10,12,26H2,1-2H3,(H2,27,32)(H,29,35)(H,30,33)(H,31,34)(H,36,37). The molecule has 0 aliphatic heterocycles. The summed E-state index contributed by atoms with van der Waals surface area (Å²) < 4.78 is 0. The fourth-order valence-electron chi connectivity index (χ4n) is 3.84. The topological polar surface area (TPSA) is 210 Å². The summed E-state index contributed by atoms with van der Waals surface area (Å²) in [5, 5.41) is 18.1. The Morgan fingerprint density at radius 1 is 1.03 bits per heavy atom. The molecule has 5 atom stereocenters. The fraction of sp³-hybridized carbons (Fsp3) is 0.480. The first kappa shape index (κ1) is 30.6. The minimum atomic E-state index is -1.18. The number of nitrogens with two attached hydrogens (primary N) is 2. The number of hydrogen-bond donors (Lipinski definition) is 8. The van der Waals surface area contributed by atoms with Gasteiger partial charge in [-0.15, -0.1) is 0 Å². The second-order valence-corrected chi connectivity index (χ2v) is 9.56. The Bertz CT molecular complexity index is 1150. The zero-order chi connectivity index (χ0) is 28.4. The number of aromatic amines is 1. The van der Waals surface area contributed by atoms with E-state index in [1.165, 1.54) is 0 Å². The van der Waals surface area contributed by atoms with Crippen molar-refractivity contribution in [1.29, 1.82) is 0 Å². The summed E-state index contributed by atoms with van der Waals surface area (Å²) in [4.78, 5) is 64.7. The van der Waals surface area contributed by atoms with Crippen molar-refractivity contribution in [2.75, 3.05) is 5.75 Å². The number of carboxylic acid groups (broad SMARTS) is 1. The van der Waals surface area contributed by atoms with E-state index in [1.54, 1.807) is 13.1 Å². The van der Waals surface area contributed by atoms with Crippen molar-refractivity contribution in [2.24, 2.45) is 17.4 Å². The van der Waals surface area contributed by atoms with E-state index in [2.05, 4.69) is 33.6 Å². The van der Waals surface area contributed by atoms with Gasteiger partial charge in [-0.25, -0.2) is 4.79 Å². The van der Waals surface area contributed by atoms with E-state index in [0.29, 0.717) is 6.42 Å². The molecule has 0 fully saturated rings. The maximum atomic E-state index is 13.3. The van der Waals surface area contributed by atoms with Crippen molar-refractivity contribution >= 4 is 53.1 Å². The molecule has 1 heterocycles. The van der Waals surface area contributed by atoms with Crippen molar-refractivity contribution in [2.45, 2.75) is 63.7 Å². The summed E-state index contributed by atoms with van der Waals surface area (Å²) in [6.07, 6.45) is 2.19. The van der Waals surface area contributed by atoms with Gasteiger partial charge in [-0.3, -0.25) is 19.2 Å². The molecule has 0 saturated heterocycles. The van der Waals surface area contributed by atoms with Crippen LogP contribution in [0.15, 0.2) is 30.5 Å². The average Bonchev–Trinajstić information content (AvgIpc) is 3.30. The van der Waals surface area contributed by atoms with Crippen molar-refractivity contribution in [1.82, 2.24) is 20.9 Å². The molecular weight excluding hydrogens is 512 g/mol. The van der Waals surface area contributed by atoms with Crippen LogP contribution in [0, 0.1) is 5.92 Å². The van der Waals surface area contributed by atoms with Gasteiger partial charge in [0.1, 0.15) is 18.1 Å². The van der Waals surface area contributed by atoms with Crippen LogP contribution in [0.3, 0.4) is 0 Å². The van der Waals surface area contributed by atoms with Crippen LogP contribution in [0.4, 0.5) is 0 Å². The Hall–Kier alpha value is -3.58. The van der Waals surface area contributed by atoms with Gasteiger partial charge >= 0.3 is 5.97 Å². The molecule has 4 amide bonds. The van der Waals surface area contributed by atoms with Gasteiger partial charge in [0.05, 0.1) is 6.04 Å². The second-order valence-electron chi connectivity index (χ2n) is 9.19. The summed E-state index contributed by atoms with van der Waals surface area (Å²) in [7, 11) is 0. The van der Waals surface area contributed by atoms with Gasteiger partial charge in [-0.1, -0.05) is 38.5 Å². The Kier molecular flexibility index (Phi) is 11.6. The van der Waals surface area contributed by atoms with Crippen molar-refractivity contribution in [3.8, 4) is 0 Å². The number of hydrogen-bond acceptors (Lipinski definition) is 7. The van der Waals surface area contributed by atoms with E-state index < -0.39 is 53.8 Å². The number of carbonyl (C=O) groups excluding carboxylic acids is 4. The van der Waals surface area contributed by atoms with E-state index in [-0.39, 0.29) is 30.9 Å². The first-order valence-corrected chi connectivity index (χ1v) is 12.9. The number of aliphatic carboxylic acids is 1. The highest BCUT2D eigenvalue weighted by Crippen LogP contribution is 2.19. The van der Waals surface area contributed by atoms with Crippen LogP contribution < -0.4 is 27.4 Å². The number of benzene rings is 1. The molecule has 0 aliphatic rings. The number of primary amides is 1. The molecule has 9 N–H and O–H groups in total. The number of rotatable bonds is 15. The van der Waals surface area contributed by atoms with Gasteiger partial charge < -0.3 is 37.5 Å². The summed E-state index contributed by atoms with van der Waals surface area (Å²) >= 11 is 4.14. The zero-order valence-corrected chi connectivity index (χ0v) is 22.3. The molecule has 13 heteroatoms. The lowest BCUT2D eigenvalue weighted by Gasteiger charge is -2.26. The molecule has 0 saturated carbocycles. The highest BCUT2D eigenvalue weighted by Gasteiger charge is 2.32. The van der Waals surface area contributed by atoms with E-state index in [1.807, 2.05) is 31.2 Å². The molecule has 0 spiro atoms. The van der Waals surface area contributed by atoms with Gasteiger partial charge in [0.25, 0.3) is 0 Å². The summed E-state index contributed by atoms with van der Waals surface area (Å²) in [5.41, 5.74) is 12.4. The number of thiol groups is 1. The van der Waals surface area contributed by atoms with Crippen molar-refractivity contribution < 1.29 is 29.1 Å². The Labute approximate surface area is 226 Å². The van der Waals surface area contributed by atoms with Crippen LogP contribution in [0.2, 0.25) is 0 Å². The molecule has 0 radical (unpaired) electrons. The van der Waals surface area contributed by atoms with Crippen LogP contribution in [0.5, 0.6) is 0 Å².